The zero-order valence-electron chi connectivity index (χ0n) is 17.0. The maximum absolute atomic E-state index is 12.8. The van der Waals surface area contributed by atoms with E-state index in [0.717, 1.165) is 20.8 Å². The Morgan fingerprint density at radius 3 is 2.39 bits per heavy atom. The summed E-state index contributed by atoms with van der Waals surface area (Å²) in [6, 6.07) is 16.8. The fourth-order valence-electron chi connectivity index (χ4n) is 3.01. The van der Waals surface area contributed by atoms with Gasteiger partial charge in [-0.1, -0.05) is 54.1 Å². The van der Waals surface area contributed by atoms with Crippen molar-refractivity contribution in [3.63, 3.8) is 0 Å². The van der Waals surface area contributed by atoms with E-state index in [-0.39, 0.29) is 28.4 Å². The van der Waals surface area contributed by atoms with E-state index >= 15 is 0 Å². The Morgan fingerprint density at radius 2 is 1.68 bits per heavy atom. The summed E-state index contributed by atoms with van der Waals surface area (Å²) >= 11 is 5.80. The van der Waals surface area contributed by atoms with E-state index in [4.69, 9.17) is 11.6 Å². The number of halogens is 1. The number of benzene rings is 2. The molecule has 1 atom stereocenters. The Balaban J connectivity index is 1.77. The van der Waals surface area contributed by atoms with Crippen molar-refractivity contribution in [2.24, 2.45) is 7.05 Å². The second-order valence-corrected chi connectivity index (χ2v) is 7.32. The third kappa shape index (κ3) is 5.10. The van der Waals surface area contributed by atoms with Gasteiger partial charge in [-0.15, -0.1) is 0 Å². The Bertz CT molecular complexity index is 1230. The minimum Gasteiger partial charge on any atom is -0.345 e. The van der Waals surface area contributed by atoms with Crippen molar-refractivity contribution in [1.29, 1.82) is 0 Å². The average molecular weight is 441 g/mol. The zero-order valence-corrected chi connectivity index (χ0v) is 17.7. The standard InChI is InChI=1S/C22H21ClN4O4/c1-14(15-8-4-3-5-9-15)24-21(30)16-10-6-7-11-17(16)25-19(28)13-27-20(29)12-18(23)26(2)22(27)31/h3-12,14H,13H2,1-2H3,(H,24,30)(H,25,28)/t14-/m1/s1. The lowest BCUT2D eigenvalue weighted by Crippen LogP contribution is -2.41. The molecule has 9 heteroatoms. The molecule has 0 aliphatic rings. The van der Waals surface area contributed by atoms with Crippen molar-refractivity contribution in [3.05, 3.63) is 97.8 Å². The van der Waals surface area contributed by atoms with Gasteiger partial charge in [0.05, 0.1) is 17.3 Å². The van der Waals surface area contributed by atoms with Gasteiger partial charge in [-0.2, -0.15) is 0 Å². The zero-order chi connectivity index (χ0) is 22.5. The fourth-order valence-corrected chi connectivity index (χ4v) is 3.18. The van der Waals surface area contributed by atoms with Crippen LogP contribution in [0, 0.1) is 0 Å². The minimum atomic E-state index is -0.713. The highest BCUT2D eigenvalue weighted by Crippen LogP contribution is 2.18. The van der Waals surface area contributed by atoms with Crippen LogP contribution in [0.1, 0.15) is 28.9 Å². The molecule has 0 spiro atoms. The SMILES string of the molecule is C[C@@H](NC(=O)c1ccccc1NC(=O)Cn1c(=O)cc(Cl)n(C)c1=O)c1ccccc1. The fraction of sp³-hybridized carbons (Fsp3) is 0.182. The van der Waals surface area contributed by atoms with Crippen molar-refractivity contribution in [2.45, 2.75) is 19.5 Å². The highest BCUT2D eigenvalue weighted by atomic mass is 35.5. The maximum atomic E-state index is 12.8. The van der Waals surface area contributed by atoms with Gasteiger partial charge in [0.1, 0.15) is 11.7 Å². The molecule has 3 aromatic rings. The largest absolute Gasteiger partial charge is 0.345 e. The van der Waals surface area contributed by atoms with Crippen molar-refractivity contribution in [1.82, 2.24) is 14.5 Å². The molecule has 0 fully saturated rings. The van der Waals surface area contributed by atoms with Gasteiger partial charge >= 0.3 is 5.69 Å². The number of para-hydroxylation sites is 1. The summed E-state index contributed by atoms with van der Waals surface area (Å²) in [6.07, 6.45) is 0. The number of amides is 2. The molecule has 2 N–H and O–H groups in total. The quantitative estimate of drug-likeness (QED) is 0.574. The van der Waals surface area contributed by atoms with E-state index in [1.165, 1.54) is 7.05 Å². The van der Waals surface area contributed by atoms with Crippen LogP contribution in [0.3, 0.4) is 0 Å². The van der Waals surface area contributed by atoms with Crippen LogP contribution in [0.5, 0.6) is 0 Å². The number of aromatic nitrogens is 2. The summed E-state index contributed by atoms with van der Waals surface area (Å²) in [7, 11) is 1.39. The van der Waals surface area contributed by atoms with Gasteiger partial charge < -0.3 is 10.6 Å². The van der Waals surface area contributed by atoms with Crippen LogP contribution in [0.4, 0.5) is 5.69 Å². The second kappa shape index (κ2) is 9.44. The number of anilines is 1. The maximum Gasteiger partial charge on any atom is 0.332 e. The molecule has 160 valence electrons. The molecule has 0 bridgehead atoms. The summed E-state index contributed by atoms with van der Waals surface area (Å²) in [5, 5.41) is 5.47. The third-order valence-corrected chi connectivity index (χ3v) is 5.10. The number of hydrogen-bond acceptors (Lipinski definition) is 4. The van der Waals surface area contributed by atoms with Crippen LogP contribution < -0.4 is 21.9 Å². The third-order valence-electron chi connectivity index (χ3n) is 4.74. The molecule has 31 heavy (non-hydrogen) atoms. The molecular formula is C22H21ClN4O4. The van der Waals surface area contributed by atoms with E-state index < -0.39 is 23.7 Å². The highest BCUT2D eigenvalue weighted by molar-refractivity contribution is 6.29. The normalized spacial score (nSPS) is 11.6. The molecule has 1 heterocycles. The van der Waals surface area contributed by atoms with Crippen molar-refractivity contribution < 1.29 is 9.59 Å². The first kappa shape index (κ1) is 22.0. The number of rotatable bonds is 6. The minimum absolute atomic E-state index is 0.0267. The number of hydrogen-bond donors (Lipinski definition) is 2. The van der Waals surface area contributed by atoms with Gasteiger partial charge in [0.25, 0.3) is 11.5 Å². The van der Waals surface area contributed by atoms with Crippen LogP contribution in [-0.2, 0) is 18.4 Å². The van der Waals surface area contributed by atoms with E-state index in [0.29, 0.717) is 0 Å². The number of carbonyl (C=O) groups is 2. The first-order valence-corrected chi connectivity index (χ1v) is 9.86. The predicted molar refractivity (Wildman–Crippen MR) is 118 cm³/mol. The molecule has 1 aromatic heterocycles. The van der Waals surface area contributed by atoms with E-state index in [9.17, 15) is 19.2 Å². The average Bonchev–Trinajstić information content (AvgIpc) is 2.76. The van der Waals surface area contributed by atoms with Gasteiger partial charge in [-0.05, 0) is 24.6 Å². The van der Waals surface area contributed by atoms with Gasteiger partial charge in [0.2, 0.25) is 5.91 Å². The molecule has 2 amide bonds. The lowest BCUT2D eigenvalue weighted by atomic mass is 10.1. The Morgan fingerprint density at radius 1 is 1.03 bits per heavy atom. The molecule has 3 rings (SSSR count). The second-order valence-electron chi connectivity index (χ2n) is 6.93. The van der Waals surface area contributed by atoms with Crippen molar-refractivity contribution >= 4 is 29.1 Å². The van der Waals surface area contributed by atoms with Crippen molar-refractivity contribution in [2.75, 3.05) is 5.32 Å². The predicted octanol–water partition coefficient (Wildman–Crippen LogP) is 2.33. The smallest absolute Gasteiger partial charge is 0.332 e. The number of carbonyl (C=O) groups excluding carboxylic acids is 2. The summed E-state index contributed by atoms with van der Waals surface area (Å²) in [4.78, 5) is 49.6. The first-order chi connectivity index (χ1) is 14.8. The molecule has 0 aliphatic heterocycles. The molecule has 0 aliphatic carbocycles. The van der Waals surface area contributed by atoms with Crippen LogP contribution in [0.2, 0.25) is 5.15 Å². The summed E-state index contributed by atoms with van der Waals surface area (Å²) in [5.41, 5.74) is 0.0655. The van der Waals surface area contributed by atoms with Crippen LogP contribution in [0.25, 0.3) is 0 Å². The lowest BCUT2D eigenvalue weighted by Gasteiger charge is -2.16. The van der Waals surface area contributed by atoms with E-state index in [1.807, 2.05) is 37.3 Å². The highest BCUT2D eigenvalue weighted by Gasteiger charge is 2.17. The summed E-state index contributed by atoms with van der Waals surface area (Å²) in [6.45, 7) is 1.34. The van der Waals surface area contributed by atoms with Crippen LogP contribution in [-0.4, -0.2) is 20.9 Å². The Hall–Kier alpha value is -3.65. The molecular weight excluding hydrogens is 420 g/mol. The number of nitrogens with zero attached hydrogens (tertiary/aromatic N) is 2. The van der Waals surface area contributed by atoms with Gasteiger partial charge in [-0.25, -0.2) is 4.79 Å². The summed E-state index contributed by atoms with van der Waals surface area (Å²) < 4.78 is 1.82. The van der Waals surface area contributed by atoms with E-state index in [2.05, 4.69) is 10.6 Å². The van der Waals surface area contributed by atoms with Gasteiger partial charge in [-0.3, -0.25) is 23.5 Å². The monoisotopic (exact) mass is 440 g/mol. The lowest BCUT2D eigenvalue weighted by molar-refractivity contribution is -0.116. The van der Waals surface area contributed by atoms with Gasteiger partial charge in [0.15, 0.2) is 0 Å². The molecule has 0 saturated carbocycles. The molecule has 8 nitrogen and oxygen atoms in total. The summed E-state index contributed by atoms with van der Waals surface area (Å²) in [5.74, 6) is -0.996. The van der Waals surface area contributed by atoms with Gasteiger partial charge in [0, 0.05) is 13.1 Å². The topological polar surface area (TPSA) is 102 Å². The molecule has 2 aromatic carbocycles. The van der Waals surface area contributed by atoms with Crippen molar-refractivity contribution in [3.8, 4) is 0 Å². The molecule has 0 saturated heterocycles. The number of nitrogens with one attached hydrogen (secondary N) is 2. The Labute approximate surface area is 183 Å². The van der Waals surface area contributed by atoms with Crippen LogP contribution in [0.15, 0.2) is 70.3 Å². The Kier molecular flexibility index (Phi) is 6.71. The van der Waals surface area contributed by atoms with E-state index in [1.54, 1.807) is 24.3 Å². The van der Waals surface area contributed by atoms with Crippen LogP contribution >= 0.6 is 11.6 Å². The molecule has 0 unspecified atom stereocenters. The molecule has 0 radical (unpaired) electrons. The first-order valence-electron chi connectivity index (χ1n) is 9.49.